The van der Waals surface area contributed by atoms with Crippen LogP contribution >= 0.6 is 0 Å². The number of hydrogen-bond donors (Lipinski definition) is 3. The maximum atomic E-state index is 12.5. The molecule has 0 aliphatic rings. The summed E-state index contributed by atoms with van der Waals surface area (Å²) >= 11 is 0. The maximum Gasteiger partial charge on any atom is 0.305 e. The second-order valence-corrected chi connectivity index (χ2v) is 20.3. The Balaban J connectivity index is 3.46. The number of hydrogen-bond acceptors (Lipinski definition) is 5. The van der Waals surface area contributed by atoms with Gasteiger partial charge >= 0.3 is 5.97 Å². The Morgan fingerprint density at radius 2 is 0.773 bits per heavy atom. The zero-order valence-electron chi connectivity index (χ0n) is 44.4. The zero-order chi connectivity index (χ0) is 47.9. The minimum absolute atomic E-state index is 0.0229. The van der Waals surface area contributed by atoms with E-state index in [-0.39, 0.29) is 18.5 Å². The molecule has 66 heavy (non-hydrogen) atoms. The molecule has 1 amide bonds. The van der Waals surface area contributed by atoms with E-state index in [0.29, 0.717) is 25.9 Å². The van der Waals surface area contributed by atoms with Crippen molar-refractivity contribution in [1.29, 1.82) is 0 Å². The first-order chi connectivity index (χ1) is 32.5. The lowest BCUT2D eigenvalue weighted by Gasteiger charge is -2.22. The van der Waals surface area contributed by atoms with E-state index < -0.39 is 12.1 Å². The number of aliphatic hydroxyl groups excluding tert-OH is 2. The van der Waals surface area contributed by atoms with Crippen LogP contribution in [0.4, 0.5) is 0 Å². The summed E-state index contributed by atoms with van der Waals surface area (Å²) in [6.07, 6.45) is 67.4. The van der Waals surface area contributed by atoms with E-state index in [1.807, 2.05) is 0 Å². The molecule has 0 fully saturated rings. The summed E-state index contributed by atoms with van der Waals surface area (Å²) < 4.78 is 5.46. The van der Waals surface area contributed by atoms with Crippen LogP contribution in [0.5, 0.6) is 0 Å². The Kier molecular flexibility index (Phi) is 54.5. The molecule has 0 aromatic heterocycles. The molecule has 2 unspecified atom stereocenters. The van der Waals surface area contributed by atoms with E-state index in [0.717, 1.165) is 70.6 Å². The van der Waals surface area contributed by atoms with Crippen molar-refractivity contribution < 1.29 is 24.5 Å². The molecule has 0 saturated carbocycles. The number of carbonyl (C=O) groups is 2. The highest BCUT2D eigenvalue weighted by molar-refractivity contribution is 5.76. The minimum Gasteiger partial charge on any atom is -0.466 e. The van der Waals surface area contributed by atoms with Crippen LogP contribution in [0.3, 0.4) is 0 Å². The highest BCUT2D eigenvalue weighted by atomic mass is 16.5. The number of allylic oxidation sites excluding steroid dienone is 4. The van der Waals surface area contributed by atoms with Crippen molar-refractivity contribution in [2.45, 2.75) is 334 Å². The summed E-state index contributed by atoms with van der Waals surface area (Å²) in [6, 6.07) is -0.555. The van der Waals surface area contributed by atoms with Gasteiger partial charge in [-0.25, -0.2) is 0 Å². The average molecular weight is 931 g/mol. The van der Waals surface area contributed by atoms with Crippen LogP contribution in [0, 0.1) is 0 Å². The summed E-state index contributed by atoms with van der Waals surface area (Å²) in [7, 11) is 0. The smallest absolute Gasteiger partial charge is 0.305 e. The molecule has 0 saturated heterocycles. The quantitative estimate of drug-likeness (QED) is 0.0321. The van der Waals surface area contributed by atoms with Crippen molar-refractivity contribution in [3.05, 3.63) is 24.3 Å². The molecule has 6 heteroatoms. The summed E-state index contributed by atoms with van der Waals surface area (Å²) in [4.78, 5) is 24.5. The third-order valence-corrected chi connectivity index (χ3v) is 13.8. The van der Waals surface area contributed by atoms with Gasteiger partial charge in [0.1, 0.15) is 0 Å². The number of amides is 1. The second-order valence-electron chi connectivity index (χ2n) is 20.3. The van der Waals surface area contributed by atoms with Gasteiger partial charge in [0.2, 0.25) is 5.91 Å². The van der Waals surface area contributed by atoms with E-state index in [9.17, 15) is 19.8 Å². The average Bonchev–Trinajstić information content (AvgIpc) is 3.32. The first kappa shape index (κ1) is 64.3. The van der Waals surface area contributed by atoms with Crippen LogP contribution in [0.15, 0.2) is 24.3 Å². The van der Waals surface area contributed by atoms with Crippen LogP contribution < -0.4 is 5.32 Å². The van der Waals surface area contributed by atoms with E-state index >= 15 is 0 Å². The van der Waals surface area contributed by atoms with Crippen molar-refractivity contribution in [1.82, 2.24) is 5.32 Å². The van der Waals surface area contributed by atoms with Gasteiger partial charge in [-0.1, -0.05) is 282 Å². The fourth-order valence-electron chi connectivity index (χ4n) is 9.19. The van der Waals surface area contributed by atoms with E-state index in [2.05, 4.69) is 43.5 Å². The van der Waals surface area contributed by atoms with Gasteiger partial charge in [0.15, 0.2) is 0 Å². The predicted molar refractivity (Wildman–Crippen MR) is 287 cm³/mol. The van der Waals surface area contributed by atoms with E-state index in [1.54, 1.807) is 0 Å². The van der Waals surface area contributed by atoms with Crippen molar-refractivity contribution >= 4 is 11.9 Å². The molecular weight excluding hydrogens is 815 g/mol. The molecule has 3 N–H and O–H groups in total. The molecule has 0 heterocycles. The Hall–Kier alpha value is -1.66. The third-order valence-electron chi connectivity index (χ3n) is 13.8. The van der Waals surface area contributed by atoms with Gasteiger partial charge < -0.3 is 20.3 Å². The summed E-state index contributed by atoms with van der Waals surface area (Å²) in [5.41, 5.74) is 0. The number of aliphatic hydroxyl groups is 2. The van der Waals surface area contributed by atoms with E-state index in [1.165, 1.54) is 218 Å². The van der Waals surface area contributed by atoms with Crippen LogP contribution in [0.1, 0.15) is 322 Å². The topological polar surface area (TPSA) is 95.9 Å². The second kappa shape index (κ2) is 55.9. The van der Waals surface area contributed by atoms with Gasteiger partial charge in [-0.3, -0.25) is 9.59 Å². The Labute approximate surface area is 411 Å². The number of rotatable bonds is 55. The Bertz CT molecular complexity index is 1030. The lowest BCUT2D eigenvalue weighted by molar-refractivity contribution is -0.143. The first-order valence-electron chi connectivity index (χ1n) is 29.6. The maximum absolute atomic E-state index is 12.5. The number of ether oxygens (including phenoxy) is 1. The molecule has 6 nitrogen and oxygen atoms in total. The molecule has 0 aliphatic heterocycles. The molecule has 390 valence electrons. The number of nitrogens with one attached hydrogen (secondary N) is 1. The number of carbonyl (C=O) groups excluding carboxylic acids is 2. The molecule has 0 aromatic carbocycles. The number of unbranched alkanes of at least 4 members (excludes halogenated alkanes) is 40. The summed E-state index contributed by atoms with van der Waals surface area (Å²) in [5.74, 6) is -0.0712. The lowest BCUT2D eigenvalue weighted by atomic mass is 10.0. The van der Waals surface area contributed by atoms with Gasteiger partial charge in [0, 0.05) is 12.8 Å². The monoisotopic (exact) mass is 930 g/mol. The zero-order valence-corrected chi connectivity index (χ0v) is 44.4. The largest absolute Gasteiger partial charge is 0.466 e. The van der Waals surface area contributed by atoms with Crippen LogP contribution in [-0.4, -0.2) is 47.4 Å². The van der Waals surface area contributed by atoms with Crippen LogP contribution in [0.2, 0.25) is 0 Å². The Morgan fingerprint density at radius 1 is 0.424 bits per heavy atom. The fourth-order valence-corrected chi connectivity index (χ4v) is 9.19. The molecule has 0 spiro atoms. The van der Waals surface area contributed by atoms with Crippen molar-refractivity contribution in [3.63, 3.8) is 0 Å². The lowest BCUT2D eigenvalue weighted by Crippen LogP contribution is -2.45. The summed E-state index contributed by atoms with van der Waals surface area (Å²) in [6.45, 7) is 4.89. The van der Waals surface area contributed by atoms with Gasteiger partial charge in [-0.15, -0.1) is 0 Å². The van der Waals surface area contributed by atoms with Crippen molar-refractivity contribution in [2.24, 2.45) is 0 Å². The predicted octanol–water partition coefficient (Wildman–Crippen LogP) is 18.2. The molecular formula is C60H115NO5. The first-order valence-corrected chi connectivity index (χ1v) is 29.6. The summed E-state index contributed by atoms with van der Waals surface area (Å²) in [5, 5.41) is 23.4. The minimum atomic E-state index is -0.676. The van der Waals surface area contributed by atoms with Crippen molar-refractivity contribution in [3.8, 4) is 0 Å². The Morgan fingerprint density at radius 3 is 1.20 bits per heavy atom. The SMILES string of the molecule is CCCC/C=C\C/C=C\CCCCCCCC(=O)OCCCCCCCCCCCCCCC(=O)NC(CO)C(O)CCCCCCCCCCCCCCCCCCCCCCCCC. The highest BCUT2D eigenvalue weighted by Crippen LogP contribution is 2.18. The highest BCUT2D eigenvalue weighted by Gasteiger charge is 2.20. The fraction of sp³-hybridized carbons (Fsp3) is 0.900. The van der Waals surface area contributed by atoms with Crippen LogP contribution in [0.25, 0.3) is 0 Å². The molecule has 0 rings (SSSR count). The van der Waals surface area contributed by atoms with Crippen molar-refractivity contribution in [2.75, 3.05) is 13.2 Å². The van der Waals surface area contributed by atoms with Gasteiger partial charge in [-0.2, -0.15) is 0 Å². The normalized spacial score (nSPS) is 12.7. The third kappa shape index (κ3) is 51.7. The molecule has 0 aromatic rings. The van der Waals surface area contributed by atoms with Gasteiger partial charge in [0.05, 0.1) is 25.4 Å². The molecule has 0 bridgehead atoms. The molecule has 0 aliphatic carbocycles. The molecule has 0 radical (unpaired) electrons. The molecule has 2 atom stereocenters. The van der Waals surface area contributed by atoms with Gasteiger partial charge in [0.25, 0.3) is 0 Å². The van der Waals surface area contributed by atoms with Crippen LogP contribution in [-0.2, 0) is 14.3 Å². The number of esters is 1. The van der Waals surface area contributed by atoms with Gasteiger partial charge in [-0.05, 0) is 51.4 Å². The standard InChI is InChI=1S/C60H115NO5/c1-3-5-7-9-11-13-15-17-19-20-21-22-23-24-25-26-27-28-32-36-40-44-48-52-58(63)57(56-62)61-59(64)53-49-45-41-37-33-30-31-35-39-43-47-51-55-66-60(65)54-50-46-42-38-34-29-18-16-14-12-10-8-6-4-2/h10,12,16,18,57-58,62-63H,3-9,11,13-15,17,19-56H2,1-2H3,(H,61,64)/b12-10-,18-16-. The van der Waals surface area contributed by atoms with E-state index in [4.69, 9.17) is 4.74 Å².